The zero-order valence-corrected chi connectivity index (χ0v) is 14.1. The average Bonchev–Trinajstić information content (AvgIpc) is 2.74. The number of hydrogen-bond donors (Lipinski definition) is 1. The number of nitrogens with one attached hydrogen (secondary N) is 1. The molecule has 0 unspecified atom stereocenters. The second-order valence-electron chi connectivity index (χ2n) is 5.36. The molecule has 2 heterocycles. The van der Waals surface area contributed by atoms with Crippen LogP contribution in [0.15, 0.2) is 12.1 Å². The van der Waals surface area contributed by atoms with Crippen LogP contribution in [0.25, 0.3) is 0 Å². The standard InChI is InChI=1S/C16H22ClN3O3/c1-2-23-13-8-7-12(17)15(19-13)16(22)18-9-11-20-10-5-3-4-6-14(20)21/h7-8H,2-6,9-11H2,1H3,(H,18,22). The molecule has 126 valence electrons. The lowest BCUT2D eigenvalue weighted by atomic mass is 10.2. The summed E-state index contributed by atoms with van der Waals surface area (Å²) in [7, 11) is 0. The van der Waals surface area contributed by atoms with Crippen LogP contribution < -0.4 is 10.1 Å². The van der Waals surface area contributed by atoms with Crippen LogP contribution in [0.5, 0.6) is 5.88 Å². The Morgan fingerprint density at radius 1 is 1.39 bits per heavy atom. The van der Waals surface area contributed by atoms with Crippen molar-refractivity contribution in [1.29, 1.82) is 0 Å². The molecule has 0 aliphatic carbocycles. The SMILES string of the molecule is CCOc1ccc(Cl)c(C(=O)NCCN2CCCCCC2=O)n1. The van der Waals surface area contributed by atoms with E-state index in [1.807, 2.05) is 6.92 Å². The van der Waals surface area contributed by atoms with E-state index < -0.39 is 0 Å². The van der Waals surface area contributed by atoms with Gasteiger partial charge in [0.25, 0.3) is 5.91 Å². The Balaban J connectivity index is 1.89. The van der Waals surface area contributed by atoms with Crippen LogP contribution in [-0.2, 0) is 4.79 Å². The monoisotopic (exact) mass is 339 g/mol. The first-order valence-electron chi connectivity index (χ1n) is 7.97. The van der Waals surface area contributed by atoms with E-state index >= 15 is 0 Å². The summed E-state index contributed by atoms with van der Waals surface area (Å²) in [6.45, 7) is 3.95. The minimum atomic E-state index is -0.362. The first kappa shape index (κ1) is 17.5. The summed E-state index contributed by atoms with van der Waals surface area (Å²) in [6.07, 6.45) is 3.64. The molecule has 1 aliphatic heterocycles. The van der Waals surface area contributed by atoms with Gasteiger partial charge in [-0.1, -0.05) is 18.0 Å². The first-order chi connectivity index (χ1) is 11.1. The third-order valence-corrected chi connectivity index (χ3v) is 3.97. The number of likely N-dealkylation sites (tertiary alicyclic amines) is 1. The first-order valence-corrected chi connectivity index (χ1v) is 8.35. The largest absolute Gasteiger partial charge is 0.478 e. The quantitative estimate of drug-likeness (QED) is 0.863. The van der Waals surface area contributed by atoms with Crippen molar-refractivity contribution < 1.29 is 14.3 Å². The maximum Gasteiger partial charge on any atom is 0.271 e. The molecule has 6 nitrogen and oxygen atoms in total. The Kier molecular flexibility index (Phi) is 6.65. The van der Waals surface area contributed by atoms with Crippen molar-refractivity contribution in [3.63, 3.8) is 0 Å². The summed E-state index contributed by atoms with van der Waals surface area (Å²) in [5.41, 5.74) is 0.139. The Morgan fingerprint density at radius 2 is 2.22 bits per heavy atom. The zero-order valence-electron chi connectivity index (χ0n) is 13.3. The zero-order chi connectivity index (χ0) is 16.7. The van der Waals surface area contributed by atoms with Gasteiger partial charge in [-0.05, 0) is 25.8 Å². The predicted molar refractivity (Wildman–Crippen MR) is 87.8 cm³/mol. The Labute approximate surface area is 141 Å². The molecule has 2 rings (SSSR count). The van der Waals surface area contributed by atoms with Crippen LogP contribution in [0.1, 0.15) is 43.1 Å². The van der Waals surface area contributed by atoms with Gasteiger partial charge in [-0.2, -0.15) is 0 Å². The van der Waals surface area contributed by atoms with Crippen molar-refractivity contribution >= 4 is 23.4 Å². The topological polar surface area (TPSA) is 71.5 Å². The molecular weight excluding hydrogens is 318 g/mol. The molecule has 23 heavy (non-hydrogen) atoms. The molecule has 1 saturated heterocycles. The Hall–Kier alpha value is -1.82. The molecule has 1 fully saturated rings. The maximum atomic E-state index is 12.2. The fraction of sp³-hybridized carbons (Fsp3) is 0.562. The van der Waals surface area contributed by atoms with Crippen molar-refractivity contribution in [2.45, 2.75) is 32.6 Å². The van der Waals surface area contributed by atoms with E-state index in [2.05, 4.69) is 10.3 Å². The van der Waals surface area contributed by atoms with Crippen molar-refractivity contribution in [2.75, 3.05) is 26.2 Å². The van der Waals surface area contributed by atoms with E-state index in [-0.39, 0.29) is 22.5 Å². The highest BCUT2D eigenvalue weighted by Gasteiger charge is 2.17. The normalized spacial score (nSPS) is 15.2. The number of nitrogens with zero attached hydrogens (tertiary/aromatic N) is 2. The number of carbonyl (C=O) groups excluding carboxylic acids is 2. The third-order valence-electron chi connectivity index (χ3n) is 3.67. The number of aromatic nitrogens is 1. The third kappa shape index (κ3) is 5.10. The summed E-state index contributed by atoms with van der Waals surface area (Å²) < 4.78 is 5.28. The molecule has 7 heteroatoms. The van der Waals surface area contributed by atoms with E-state index in [4.69, 9.17) is 16.3 Å². The highest BCUT2D eigenvalue weighted by atomic mass is 35.5. The van der Waals surface area contributed by atoms with Crippen LogP contribution in [-0.4, -0.2) is 47.9 Å². The van der Waals surface area contributed by atoms with Gasteiger partial charge in [0.2, 0.25) is 11.8 Å². The van der Waals surface area contributed by atoms with Crippen LogP contribution in [0.3, 0.4) is 0 Å². The van der Waals surface area contributed by atoms with E-state index in [1.54, 1.807) is 17.0 Å². The molecule has 1 aromatic heterocycles. The van der Waals surface area contributed by atoms with Gasteiger partial charge in [0.05, 0.1) is 11.6 Å². The number of pyridine rings is 1. The minimum Gasteiger partial charge on any atom is -0.478 e. The molecule has 0 aromatic carbocycles. The number of rotatable bonds is 6. The lowest BCUT2D eigenvalue weighted by molar-refractivity contribution is -0.130. The van der Waals surface area contributed by atoms with Crippen LogP contribution in [0.4, 0.5) is 0 Å². The Bertz CT molecular complexity index is 566. The van der Waals surface area contributed by atoms with E-state index in [1.165, 1.54) is 0 Å². The fourth-order valence-corrected chi connectivity index (χ4v) is 2.67. The van der Waals surface area contributed by atoms with Crippen molar-refractivity contribution in [3.05, 3.63) is 22.8 Å². The molecule has 2 amide bonds. The molecule has 1 aliphatic rings. The van der Waals surface area contributed by atoms with Gasteiger partial charge in [0.1, 0.15) is 0 Å². The summed E-state index contributed by atoms with van der Waals surface area (Å²) in [6, 6.07) is 3.21. The van der Waals surface area contributed by atoms with Gasteiger partial charge in [0.15, 0.2) is 5.69 Å². The Morgan fingerprint density at radius 3 is 3.00 bits per heavy atom. The van der Waals surface area contributed by atoms with Gasteiger partial charge in [-0.25, -0.2) is 4.98 Å². The minimum absolute atomic E-state index is 0.139. The van der Waals surface area contributed by atoms with Gasteiger partial charge in [0, 0.05) is 32.1 Å². The summed E-state index contributed by atoms with van der Waals surface area (Å²) in [5, 5.41) is 3.04. The van der Waals surface area contributed by atoms with E-state index in [0.29, 0.717) is 32.0 Å². The lowest BCUT2D eigenvalue weighted by Crippen LogP contribution is -2.38. The van der Waals surface area contributed by atoms with Crippen molar-refractivity contribution in [1.82, 2.24) is 15.2 Å². The molecule has 1 N–H and O–H groups in total. The molecule has 0 spiro atoms. The van der Waals surface area contributed by atoms with Gasteiger partial charge in [-0.3, -0.25) is 9.59 Å². The molecule has 1 aromatic rings. The molecule has 0 radical (unpaired) electrons. The van der Waals surface area contributed by atoms with E-state index in [9.17, 15) is 9.59 Å². The predicted octanol–water partition coefficient (Wildman–Crippen LogP) is 2.27. The molecular formula is C16H22ClN3O3. The maximum absolute atomic E-state index is 12.2. The summed E-state index contributed by atoms with van der Waals surface area (Å²) in [5.74, 6) is 0.162. The summed E-state index contributed by atoms with van der Waals surface area (Å²) in [4.78, 5) is 30.0. The number of hydrogen-bond acceptors (Lipinski definition) is 4. The average molecular weight is 340 g/mol. The molecule has 0 bridgehead atoms. The number of ether oxygens (including phenoxy) is 1. The van der Waals surface area contributed by atoms with Gasteiger partial charge < -0.3 is 15.0 Å². The van der Waals surface area contributed by atoms with Crippen LogP contribution >= 0.6 is 11.6 Å². The highest BCUT2D eigenvalue weighted by Crippen LogP contribution is 2.18. The second kappa shape index (κ2) is 8.72. The smallest absolute Gasteiger partial charge is 0.271 e. The fourth-order valence-electron chi connectivity index (χ4n) is 2.47. The molecule has 0 saturated carbocycles. The van der Waals surface area contributed by atoms with Crippen LogP contribution in [0.2, 0.25) is 5.02 Å². The number of carbonyl (C=O) groups is 2. The molecule has 0 atom stereocenters. The van der Waals surface area contributed by atoms with Gasteiger partial charge >= 0.3 is 0 Å². The summed E-state index contributed by atoms with van der Waals surface area (Å²) >= 11 is 6.02. The van der Waals surface area contributed by atoms with E-state index in [0.717, 1.165) is 25.8 Å². The van der Waals surface area contributed by atoms with Crippen LogP contribution in [0, 0.1) is 0 Å². The number of amides is 2. The van der Waals surface area contributed by atoms with Gasteiger partial charge in [-0.15, -0.1) is 0 Å². The lowest BCUT2D eigenvalue weighted by Gasteiger charge is -2.20. The van der Waals surface area contributed by atoms with Crippen molar-refractivity contribution in [3.8, 4) is 5.88 Å². The highest BCUT2D eigenvalue weighted by molar-refractivity contribution is 6.33. The second-order valence-corrected chi connectivity index (χ2v) is 5.77. The van der Waals surface area contributed by atoms with Crippen molar-refractivity contribution in [2.24, 2.45) is 0 Å². The number of halogens is 1.